The van der Waals surface area contributed by atoms with Crippen molar-refractivity contribution < 1.29 is 4.79 Å². The molecule has 0 heterocycles. The molecule has 1 nitrogen and oxygen atoms in total. The van der Waals surface area contributed by atoms with Gasteiger partial charge in [0.1, 0.15) is 5.78 Å². The summed E-state index contributed by atoms with van der Waals surface area (Å²) in [6, 6.07) is 8.70. The van der Waals surface area contributed by atoms with Crippen LogP contribution in [-0.2, 0) is 17.6 Å². The summed E-state index contributed by atoms with van der Waals surface area (Å²) in [6.45, 7) is 5.87. The van der Waals surface area contributed by atoms with Crippen LogP contribution in [0.5, 0.6) is 0 Å². The molecule has 0 N–H and O–H groups in total. The molecule has 0 aromatic heterocycles. The number of hydrogen-bond acceptors (Lipinski definition) is 1. The maximum Gasteiger partial charge on any atom is 0.132 e. The molecule has 1 unspecified atom stereocenters. The van der Waals surface area contributed by atoms with Crippen LogP contribution in [-0.4, -0.2) is 5.78 Å². The number of rotatable bonds is 6. The molecule has 1 aromatic rings. The lowest BCUT2D eigenvalue weighted by molar-refractivity contribution is -0.120. The number of carbonyl (C=O) groups excluding carboxylic acids is 1. The minimum atomic E-state index is 0.140. The van der Waals surface area contributed by atoms with Crippen molar-refractivity contribution in [3.8, 4) is 0 Å². The Labute approximate surface area is 98.9 Å². The van der Waals surface area contributed by atoms with Crippen molar-refractivity contribution in [2.24, 2.45) is 5.92 Å². The zero-order chi connectivity index (χ0) is 12.0. The largest absolute Gasteiger partial charge is 0.300 e. The highest BCUT2D eigenvalue weighted by Gasteiger charge is 2.08. The van der Waals surface area contributed by atoms with Gasteiger partial charge in [-0.3, -0.25) is 4.79 Å². The first kappa shape index (κ1) is 13.0. The zero-order valence-electron chi connectivity index (χ0n) is 10.6. The van der Waals surface area contributed by atoms with E-state index in [1.165, 1.54) is 30.4 Å². The van der Waals surface area contributed by atoms with Gasteiger partial charge in [-0.25, -0.2) is 0 Å². The molecular weight excluding hydrogens is 196 g/mol. The number of benzene rings is 1. The van der Waals surface area contributed by atoms with Crippen molar-refractivity contribution in [2.45, 2.75) is 46.5 Å². The molecule has 0 saturated heterocycles. The number of unbranched alkanes of at least 4 members (excludes halogenated alkanes) is 1. The minimum Gasteiger partial charge on any atom is -0.300 e. The molecule has 1 heteroatoms. The fourth-order valence-corrected chi connectivity index (χ4v) is 1.72. The normalized spacial score (nSPS) is 12.4. The van der Waals surface area contributed by atoms with Gasteiger partial charge in [0.25, 0.3) is 0 Å². The van der Waals surface area contributed by atoms with E-state index in [9.17, 15) is 4.79 Å². The fourth-order valence-electron chi connectivity index (χ4n) is 1.72. The van der Waals surface area contributed by atoms with E-state index < -0.39 is 0 Å². The predicted molar refractivity (Wildman–Crippen MR) is 68.6 cm³/mol. The van der Waals surface area contributed by atoms with Crippen LogP contribution in [0.25, 0.3) is 0 Å². The molecule has 0 saturated carbocycles. The summed E-state index contributed by atoms with van der Waals surface area (Å²) in [5, 5.41) is 0. The van der Waals surface area contributed by atoms with Gasteiger partial charge in [-0.1, -0.05) is 44.5 Å². The Morgan fingerprint density at radius 1 is 1.19 bits per heavy atom. The average Bonchev–Trinajstić information content (AvgIpc) is 2.28. The number of hydrogen-bond donors (Lipinski definition) is 0. The molecule has 1 atom stereocenters. The van der Waals surface area contributed by atoms with E-state index in [1.54, 1.807) is 6.92 Å². The first-order valence-corrected chi connectivity index (χ1v) is 6.21. The Bertz CT molecular complexity index is 324. The lowest BCUT2D eigenvalue weighted by atomic mass is 9.96. The van der Waals surface area contributed by atoms with Crippen molar-refractivity contribution in [3.63, 3.8) is 0 Å². The summed E-state index contributed by atoms with van der Waals surface area (Å²) < 4.78 is 0. The third-order valence-corrected chi connectivity index (χ3v) is 3.08. The summed E-state index contributed by atoms with van der Waals surface area (Å²) >= 11 is 0. The summed E-state index contributed by atoms with van der Waals surface area (Å²) in [5.41, 5.74) is 2.67. The molecule has 0 aliphatic rings. The second-order valence-electron chi connectivity index (χ2n) is 4.64. The first-order valence-electron chi connectivity index (χ1n) is 6.21. The molecule has 0 bridgehead atoms. The SMILES string of the molecule is CCCCc1ccc(CC(C)C(C)=O)cc1. The molecule has 0 aliphatic heterocycles. The number of ketones is 1. The molecule has 88 valence electrons. The van der Waals surface area contributed by atoms with Crippen LogP contribution >= 0.6 is 0 Å². The van der Waals surface area contributed by atoms with Crippen molar-refractivity contribution in [1.82, 2.24) is 0 Å². The van der Waals surface area contributed by atoms with Gasteiger partial charge >= 0.3 is 0 Å². The highest BCUT2D eigenvalue weighted by molar-refractivity contribution is 5.78. The van der Waals surface area contributed by atoms with E-state index in [0.29, 0.717) is 0 Å². The molecule has 0 radical (unpaired) electrons. The van der Waals surface area contributed by atoms with Gasteiger partial charge in [0.05, 0.1) is 0 Å². The Morgan fingerprint density at radius 3 is 2.25 bits per heavy atom. The first-order chi connectivity index (χ1) is 7.63. The fraction of sp³-hybridized carbons (Fsp3) is 0.533. The Balaban J connectivity index is 2.54. The van der Waals surface area contributed by atoms with Gasteiger partial charge in [-0.05, 0) is 37.3 Å². The molecule has 16 heavy (non-hydrogen) atoms. The van der Waals surface area contributed by atoms with Gasteiger partial charge in [0.15, 0.2) is 0 Å². The van der Waals surface area contributed by atoms with E-state index >= 15 is 0 Å². The highest BCUT2D eigenvalue weighted by atomic mass is 16.1. The van der Waals surface area contributed by atoms with Crippen molar-refractivity contribution in [2.75, 3.05) is 0 Å². The standard InChI is InChI=1S/C15H22O/c1-4-5-6-14-7-9-15(10-8-14)11-12(2)13(3)16/h7-10,12H,4-6,11H2,1-3H3. The quantitative estimate of drug-likeness (QED) is 0.710. The second-order valence-corrected chi connectivity index (χ2v) is 4.64. The predicted octanol–water partition coefficient (Wildman–Crippen LogP) is 3.80. The topological polar surface area (TPSA) is 17.1 Å². The van der Waals surface area contributed by atoms with Crippen LogP contribution in [0.1, 0.15) is 44.7 Å². The lowest BCUT2D eigenvalue weighted by Gasteiger charge is -2.08. The number of Topliss-reactive ketones (excluding diaryl/α,β-unsaturated/α-hetero) is 1. The summed E-state index contributed by atoms with van der Waals surface area (Å²) in [5.74, 6) is 0.413. The lowest BCUT2D eigenvalue weighted by Crippen LogP contribution is -2.09. The molecule has 0 spiro atoms. The van der Waals surface area contributed by atoms with E-state index in [1.807, 2.05) is 6.92 Å². The van der Waals surface area contributed by atoms with Gasteiger partial charge in [0.2, 0.25) is 0 Å². The molecule has 1 aromatic carbocycles. The molecular formula is C15H22O. The third kappa shape index (κ3) is 4.18. The average molecular weight is 218 g/mol. The second kappa shape index (κ2) is 6.47. The molecule has 0 amide bonds. The maximum atomic E-state index is 11.2. The van der Waals surface area contributed by atoms with Gasteiger partial charge in [0, 0.05) is 5.92 Å². The Hall–Kier alpha value is -1.11. The Morgan fingerprint density at radius 2 is 1.75 bits per heavy atom. The third-order valence-electron chi connectivity index (χ3n) is 3.08. The van der Waals surface area contributed by atoms with Crippen LogP contribution < -0.4 is 0 Å². The number of aryl methyl sites for hydroxylation is 1. The van der Waals surface area contributed by atoms with Crippen LogP contribution in [0.15, 0.2) is 24.3 Å². The molecule has 1 rings (SSSR count). The van der Waals surface area contributed by atoms with Gasteiger partial charge < -0.3 is 0 Å². The van der Waals surface area contributed by atoms with Crippen molar-refractivity contribution in [1.29, 1.82) is 0 Å². The van der Waals surface area contributed by atoms with E-state index in [-0.39, 0.29) is 11.7 Å². The van der Waals surface area contributed by atoms with Crippen LogP contribution in [0, 0.1) is 5.92 Å². The molecule has 0 fully saturated rings. The zero-order valence-corrected chi connectivity index (χ0v) is 10.6. The van der Waals surface area contributed by atoms with Crippen LogP contribution in [0.3, 0.4) is 0 Å². The number of carbonyl (C=O) groups is 1. The molecule has 0 aliphatic carbocycles. The van der Waals surface area contributed by atoms with Crippen molar-refractivity contribution in [3.05, 3.63) is 35.4 Å². The van der Waals surface area contributed by atoms with Crippen LogP contribution in [0.4, 0.5) is 0 Å². The van der Waals surface area contributed by atoms with E-state index in [4.69, 9.17) is 0 Å². The summed E-state index contributed by atoms with van der Waals surface area (Å²) in [7, 11) is 0. The summed E-state index contributed by atoms with van der Waals surface area (Å²) in [4.78, 5) is 11.2. The Kier molecular flexibility index (Phi) is 5.24. The van der Waals surface area contributed by atoms with Gasteiger partial charge in [-0.2, -0.15) is 0 Å². The van der Waals surface area contributed by atoms with E-state index in [0.717, 1.165) is 6.42 Å². The van der Waals surface area contributed by atoms with Crippen LogP contribution in [0.2, 0.25) is 0 Å². The smallest absolute Gasteiger partial charge is 0.132 e. The van der Waals surface area contributed by atoms with E-state index in [2.05, 4.69) is 31.2 Å². The van der Waals surface area contributed by atoms with Gasteiger partial charge in [-0.15, -0.1) is 0 Å². The summed E-state index contributed by atoms with van der Waals surface area (Å²) in [6.07, 6.45) is 4.52. The minimum absolute atomic E-state index is 0.140. The van der Waals surface area contributed by atoms with Crippen molar-refractivity contribution >= 4 is 5.78 Å². The maximum absolute atomic E-state index is 11.2. The highest BCUT2D eigenvalue weighted by Crippen LogP contribution is 2.12. The monoisotopic (exact) mass is 218 g/mol.